The number of pyridine rings is 1. The highest BCUT2D eigenvalue weighted by atomic mass is 32.1. The molecule has 1 amide bonds. The summed E-state index contributed by atoms with van der Waals surface area (Å²) in [5, 5.41) is 11.6. The molecule has 0 unspecified atom stereocenters. The van der Waals surface area contributed by atoms with E-state index in [1.165, 1.54) is 12.4 Å². The largest absolute Gasteiger partial charge is 0.481 e. The molecular formula is C24H30N8O4S. The van der Waals surface area contributed by atoms with Crippen molar-refractivity contribution in [2.75, 3.05) is 52.4 Å². The third-order valence-corrected chi connectivity index (χ3v) is 6.10. The van der Waals surface area contributed by atoms with Crippen LogP contribution in [-0.2, 0) is 16.1 Å². The standard InChI is InChI=1S/C22H23N7O4S.C2H7N/c1-23-10-15(22(30)28-31)11-24-13-16-9-17-19(34-16)21(29-5-7-33-8-6-29)27-20(26-17)14-3-4-18(32-2)25-12-14;1-3-2/h3-4,9-12,31H,1,5-8,13H2,2H3,(H,28,30);3H,1-2H3/b15-10+,24-11?;. The molecule has 0 radical (unpaired) electrons. The molecule has 1 fully saturated rings. The number of aromatic nitrogens is 3. The Morgan fingerprint density at radius 2 is 2.08 bits per heavy atom. The van der Waals surface area contributed by atoms with Crippen molar-refractivity contribution in [1.29, 1.82) is 0 Å². The summed E-state index contributed by atoms with van der Waals surface area (Å²) in [6, 6.07) is 5.61. The number of nitrogens with zero attached hydrogens (tertiary/aromatic N) is 6. The number of ether oxygens (including phenoxy) is 2. The Bertz CT molecular complexity index is 1250. The number of thiophene rings is 1. The minimum Gasteiger partial charge on any atom is -0.481 e. The molecular weight excluding hydrogens is 496 g/mol. The van der Waals surface area contributed by atoms with Gasteiger partial charge in [-0.15, -0.1) is 11.3 Å². The number of nitrogens with one attached hydrogen (secondary N) is 2. The fourth-order valence-electron chi connectivity index (χ4n) is 3.34. The molecule has 0 saturated carbocycles. The van der Waals surface area contributed by atoms with Crippen LogP contribution >= 0.6 is 11.3 Å². The maximum Gasteiger partial charge on any atom is 0.277 e. The van der Waals surface area contributed by atoms with Crippen molar-refractivity contribution in [1.82, 2.24) is 25.7 Å². The van der Waals surface area contributed by atoms with Crippen molar-refractivity contribution in [3.63, 3.8) is 0 Å². The maximum atomic E-state index is 11.7. The van der Waals surface area contributed by atoms with Gasteiger partial charge in [0.05, 0.1) is 42.7 Å². The summed E-state index contributed by atoms with van der Waals surface area (Å²) in [7, 11) is 5.32. The van der Waals surface area contributed by atoms with Gasteiger partial charge in [-0.2, -0.15) is 0 Å². The molecule has 196 valence electrons. The van der Waals surface area contributed by atoms with Gasteiger partial charge in [-0.1, -0.05) is 0 Å². The number of methoxy groups -OCH3 is 1. The average Bonchev–Trinajstić information content (AvgIpc) is 3.35. The molecule has 0 aromatic carbocycles. The molecule has 4 rings (SSSR count). The summed E-state index contributed by atoms with van der Waals surface area (Å²) in [4.78, 5) is 36.6. The minimum absolute atomic E-state index is 0.0849. The molecule has 0 spiro atoms. The van der Waals surface area contributed by atoms with Gasteiger partial charge in [0, 0.05) is 48.2 Å². The van der Waals surface area contributed by atoms with Crippen LogP contribution in [0.15, 0.2) is 46.2 Å². The van der Waals surface area contributed by atoms with E-state index in [9.17, 15) is 4.79 Å². The fourth-order valence-corrected chi connectivity index (χ4v) is 4.39. The summed E-state index contributed by atoms with van der Waals surface area (Å²) >= 11 is 1.54. The van der Waals surface area contributed by atoms with E-state index in [1.54, 1.807) is 36.2 Å². The predicted molar refractivity (Wildman–Crippen MR) is 145 cm³/mol. The number of aliphatic imine (C=N–C) groups is 2. The first kappa shape index (κ1) is 27.8. The lowest BCUT2D eigenvalue weighted by molar-refractivity contribution is -0.124. The molecule has 3 aromatic rings. The number of fused-ring (bicyclic) bond motifs is 1. The zero-order valence-corrected chi connectivity index (χ0v) is 21.8. The van der Waals surface area contributed by atoms with E-state index < -0.39 is 5.91 Å². The first-order chi connectivity index (χ1) is 18.0. The molecule has 1 aliphatic rings. The van der Waals surface area contributed by atoms with Crippen LogP contribution in [0.3, 0.4) is 0 Å². The van der Waals surface area contributed by atoms with Gasteiger partial charge in [-0.3, -0.25) is 20.0 Å². The number of hydrogen-bond donors (Lipinski definition) is 3. The fraction of sp³-hybridized carbons (Fsp3) is 0.333. The lowest BCUT2D eigenvalue weighted by Gasteiger charge is -2.28. The first-order valence-corrected chi connectivity index (χ1v) is 12.2. The van der Waals surface area contributed by atoms with Gasteiger partial charge >= 0.3 is 0 Å². The van der Waals surface area contributed by atoms with Gasteiger partial charge in [-0.25, -0.2) is 20.4 Å². The average molecular weight is 527 g/mol. The van der Waals surface area contributed by atoms with Gasteiger partial charge in [0.2, 0.25) is 5.88 Å². The summed E-state index contributed by atoms with van der Waals surface area (Å²) in [5.74, 6) is 1.21. The molecule has 37 heavy (non-hydrogen) atoms. The Balaban J connectivity index is 0.00000121. The van der Waals surface area contributed by atoms with Crippen molar-refractivity contribution in [2.24, 2.45) is 9.98 Å². The Hall–Kier alpha value is -3.78. The van der Waals surface area contributed by atoms with E-state index in [4.69, 9.17) is 24.6 Å². The zero-order valence-electron chi connectivity index (χ0n) is 21.0. The SMILES string of the molecule is C=N/C=C(\C=NCc1cc2nc(-c3ccc(OC)nc3)nc(N3CCOCC3)c2s1)C(=O)NO.CNC. The molecule has 13 heteroatoms. The molecule has 0 aliphatic carbocycles. The maximum absolute atomic E-state index is 11.7. The van der Waals surface area contributed by atoms with Crippen LogP contribution in [0.2, 0.25) is 0 Å². The lowest BCUT2D eigenvalue weighted by atomic mass is 10.2. The van der Waals surface area contributed by atoms with Gasteiger partial charge in [0.25, 0.3) is 5.91 Å². The Morgan fingerprint density at radius 3 is 2.70 bits per heavy atom. The smallest absolute Gasteiger partial charge is 0.277 e. The van der Waals surface area contributed by atoms with Crippen molar-refractivity contribution in [3.05, 3.63) is 41.0 Å². The molecule has 1 saturated heterocycles. The van der Waals surface area contributed by atoms with Gasteiger partial charge < -0.3 is 19.7 Å². The molecule has 4 heterocycles. The van der Waals surface area contributed by atoms with Crippen molar-refractivity contribution >= 4 is 46.2 Å². The lowest BCUT2D eigenvalue weighted by Crippen LogP contribution is -2.36. The molecule has 0 atom stereocenters. The van der Waals surface area contributed by atoms with Crippen molar-refractivity contribution in [3.8, 4) is 17.3 Å². The molecule has 12 nitrogen and oxygen atoms in total. The summed E-state index contributed by atoms with van der Waals surface area (Å²) in [6.45, 7) is 6.37. The van der Waals surface area contributed by atoms with Crippen LogP contribution in [0.1, 0.15) is 4.88 Å². The summed E-state index contributed by atoms with van der Waals surface area (Å²) in [5.41, 5.74) is 3.23. The molecule has 3 N–H and O–H groups in total. The summed E-state index contributed by atoms with van der Waals surface area (Å²) in [6.07, 6.45) is 4.25. The number of morpholine rings is 1. The van der Waals surface area contributed by atoms with Crippen LogP contribution in [0.25, 0.3) is 21.6 Å². The Kier molecular flexibility index (Phi) is 10.6. The quantitative estimate of drug-likeness (QED) is 0.174. The number of carbonyl (C=O) groups excluding carboxylic acids is 1. The third-order valence-electron chi connectivity index (χ3n) is 4.99. The first-order valence-electron chi connectivity index (χ1n) is 11.4. The van der Waals surface area contributed by atoms with Gasteiger partial charge in [0.1, 0.15) is 0 Å². The van der Waals surface area contributed by atoms with E-state index in [0.29, 0.717) is 31.5 Å². The van der Waals surface area contributed by atoms with E-state index >= 15 is 0 Å². The van der Waals surface area contributed by atoms with Gasteiger partial charge in [-0.05, 0) is 32.9 Å². The third kappa shape index (κ3) is 7.36. The molecule has 0 bridgehead atoms. The monoisotopic (exact) mass is 526 g/mol. The number of anilines is 1. The molecule has 3 aromatic heterocycles. The Labute approximate surface area is 218 Å². The second-order valence-corrected chi connectivity index (χ2v) is 8.80. The number of hydroxylamine groups is 1. The second-order valence-electron chi connectivity index (χ2n) is 7.66. The molecule has 1 aliphatic heterocycles. The Morgan fingerprint density at radius 1 is 1.32 bits per heavy atom. The normalized spacial score (nSPS) is 13.8. The highest BCUT2D eigenvalue weighted by molar-refractivity contribution is 7.19. The highest BCUT2D eigenvalue weighted by Gasteiger charge is 2.20. The number of hydrogen-bond acceptors (Lipinski definition) is 12. The highest BCUT2D eigenvalue weighted by Crippen LogP contribution is 2.34. The zero-order chi connectivity index (χ0) is 26.6. The number of rotatable bonds is 8. The van der Waals surface area contributed by atoms with Crippen LogP contribution in [0, 0.1) is 0 Å². The van der Waals surface area contributed by atoms with Crippen molar-refractivity contribution in [2.45, 2.75) is 6.54 Å². The minimum atomic E-state index is -0.717. The summed E-state index contributed by atoms with van der Waals surface area (Å²) < 4.78 is 11.6. The van der Waals surface area contributed by atoms with Crippen LogP contribution in [0.4, 0.5) is 5.82 Å². The van der Waals surface area contributed by atoms with Crippen LogP contribution < -0.4 is 20.4 Å². The van der Waals surface area contributed by atoms with Crippen LogP contribution in [0.5, 0.6) is 5.88 Å². The van der Waals surface area contributed by atoms with E-state index in [1.807, 2.05) is 26.2 Å². The van der Waals surface area contributed by atoms with Crippen LogP contribution in [-0.4, -0.2) is 86.5 Å². The number of carbonyl (C=O) groups is 1. The van der Waals surface area contributed by atoms with E-state index in [2.05, 4.69) is 31.9 Å². The second kappa shape index (κ2) is 14.1. The topological polar surface area (TPSA) is 146 Å². The predicted octanol–water partition coefficient (Wildman–Crippen LogP) is 2.09. The van der Waals surface area contributed by atoms with E-state index in [-0.39, 0.29) is 5.57 Å². The van der Waals surface area contributed by atoms with Crippen molar-refractivity contribution < 1.29 is 19.5 Å². The number of amides is 1. The van der Waals surface area contributed by atoms with E-state index in [0.717, 1.165) is 39.6 Å². The van der Waals surface area contributed by atoms with Gasteiger partial charge in [0.15, 0.2) is 11.6 Å².